The first-order valence-corrected chi connectivity index (χ1v) is 10.9. The molecule has 4 rings (SSSR count). The fraction of sp³-hybridized carbons (Fsp3) is 0.148. The van der Waals surface area contributed by atoms with E-state index in [1.165, 1.54) is 11.1 Å². The number of hydrogen-bond acceptors (Lipinski definition) is 3. The molecular weight excluding hydrogens is 393 g/mol. The Labute approximate surface area is 190 Å². The van der Waals surface area contributed by atoms with Gasteiger partial charge in [-0.25, -0.2) is 4.99 Å². The van der Waals surface area contributed by atoms with Gasteiger partial charge in [-0.1, -0.05) is 35.9 Å². The van der Waals surface area contributed by atoms with Gasteiger partial charge in [0.1, 0.15) is 11.5 Å². The highest BCUT2D eigenvalue weighted by molar-refractivity contribution is 6.11. The lowest BCUT2D eigenvalue weighted by Gasteiger charge is -2.11. The fourth-order valence-electron chi connectivity index (χ4n) is 3.79. The lowest BCUT2D eigenvalue weighted by atomic mass is 10.0. The lowest BCUT2D eigenvalue weighted by Crippen LogP contribution is -2.05. The molecule has 0 fully saturated rings. The van der Waals surface area contributed by atoms with Crippen molar-refractivity contribution >= 4 is 25.3 Å². The third kappa shape index (κ3) is 5.01. The largest absolute Gasteiger partial charge is 0.457 e. The van der Waals surface area contributed by atoms with Gasteiger partial charge >= 0.3 is 0 Å². The predicted octanol–water partition coefficient (Wildman–Crippen LogP) is 5.16. The number of ether oxygens (including phenoxy) is 1. The molecule has 0 radical (unpaired) electrons. The van der Waals surface area contributed by atoms with Crippen LogP contribution in [-0.4, -0.2) is 24.7 Å². The molecule has 4 nitrogen and oxygen atoms in total. The SMILES string of the molecule is Bn1cccc1/C(CCN)=C1N=C(/C=C/c2ccc(Oc3ccc(C)cc3)cc2)C=C\1C. The summed E-state index contributed by atoms with van der Waals surface area (Å²) in [5.74, 6) is 1.66. The summed E-state index contributed by atoms with van der Waals surface area (Å²) in [6, 6.07) is 20.3. The highest BCUT2D eigenvalue weighted by Crippen LogP contribution is 2.31. The summed E-state index contributed by atoms with van der Waals surface area (Å²) in [4.78, 5) is 4.90. The quantitative estimate of drug-likeness (QED) is 0.536. The number of nitrogens with zero attached hydrogens (tertiary/aromatic N) is 2. The van der Waals surface area contributed by atoms with E-state index < -0.39 is 0 Å². The van der Waals surface area contributed by atoms with Crippen molar-refractivity contribution in [2.24, 2.45) is 10.7 Å². The molecule has 0 amide bonds. The predicted molar refractivity (Wildman–Crippen MR) is 137 cm³/mol. The number of aryl methyl sites for hydroxylation is 1. The molecule has 1 aliphatic rings. The van der Waals surface area contributed by atoms with Gasteiger partial charge in [-0.05, 0) is 92.7 Å². The van der Waals surface area contributed by atoms with Crippen LogP contribution in [0.25, 0.3) is 11.6 Å². The van der Waals surface area contributed by atoms with Crippen LogP contribution >= 0.6 is 0 Å². The van der Waals surface area contributed by atoms with E-state index in [0.29, 0.717) is 6.54 Å². The Balaban J connectivity index is 1.50. The number of aromatic nitrogens is 1. The molecule has 0 spiro atoms. The van der Waals surface area contributed by atoms with Crippen LogP contribution in [0.15, 0.2) is 95.3 Å². The number of allylic oxidation sites excluding steroid dienone is 3. The first kappa shape index (κ1) is 21.7. The molecule has 2 aromatic carbocycles. The van der Waals surface area contributed by atoms with Crippen LogP contribution < -0.4 is 10.5 Å². The zero-order valence-electron chi connectivity index (χ0n) is 18.9. The van der Waals surface area contributed by atoms with Crippen molar-refractivity contribution in [3.8, 4) is 11.5 Å². The first-order chi connectivity index (χ1) is 15.5. The summed E-state index contributed by atoms with van der Waals surface area (Å²) in [6.07, 6.45) is 9.10. The van der Waals surface area contributed by atoms with Crippen LogP contribution in [0.2, 0.25) is 0 Å². The number of benzene rings is 2. The van der Waals surface area contributed by atoms with Crippen LogP contribution in [0.4, 0.5) is 0 Å². The Bertz CT molecular complexity index is 1210. The third-order valence-electron chi connectivity index (χ3n) is 5.50. The van der Waals surface area contributed by atoms with Gasteiger partial charge in [0.2, 0.25) is 7.98 Å². The molecule has 160 valence electrons. The monoisotopic (exact) mass is 421 g/mol. The highest BCUT2D eigenvalue weighted by Gasteiger charge is 2.16. The van der Waals surface area contributed by atoms with Gasteiger partial charge in [-0.3, -0.25) is 0 Å². The summed E-state index contributed by atoms with van der Waals surface area (Å²) in [7, 11) is 2.05. The van der Waals surface area contributed by atoms with Crippen molar-refractivity contribution in [2.45, 2.75) is 20.3 Å². The summed E-state index contributed by atoms with van der Waals surface area (Å²) in [6.45, 7) is 4.76. The van der Waals surface area contributed by atoms with Crippen molar-refractivity contribution < 1.29 is 4.74 Å². The molecule has 32 heavy (non-hydrogen) atoms. The molecule has 0 atom stereocenters. The number of aliphatic imine (C=N–C) groups is 1. The van der Waals surface area contributed by atoms with E-state index in [2.05, 4.69) is 62.9 Å². The van der Waals surface area contributed by atoms with Crippen LogP contribution in [0.5, 0.6) is 11.5 Å². The van der Waals surface area contributed by atoms with E-state index in [4.69, 9.17) is 15.5 Å². The van der Waals surface area contributed by atoms with Gasteiger partial charge in [0.15, 0.2) is 0 Å². The van der Waals surface area contributed by atoms with E-state index in [1.807, 2.05) is 48.5 Å². The molecule has 0 saturated heterocycles. The highest BCUT2D eigenvalue weighted by atomic mass is 16.5. The summed E-state index contributed by atoms with van der Waals surface area (Å²) in [5.41, 5.74) is 13.7. The van der Waals surface area contributed by atoms with Gasteiger partial charge in [0.25, 0.3) is 0 Å². The molecule has 2 N–H and O–H groups in total. The van der Waals surface area contributed by atoms with E-state index in [9.17, 15) is 0 Å². The van der Waals surface area contributed by atoms with E-state index in [1.54, 1.807) is 0 Å². The van der Waals surface area contributed by atoms with Gasteiger partial charge in [-0.15, -0.1) is 0 Å². The maximum atomic E-state index is 5.91. The Kier molecular flexibility index (Phi) is 6.57. The fourth-order valence-corrected chi connectivity index (χ4v) is 3.79. The molecule has 1 aliphatic heterocycles. The van der Waals surface area contributed by atoms with E-state index in [0.717, 1.165) is 46.2 Å². The Morgan fingerprint density at radius 3 is 2.31 bits per heavy atom. The summed E-state index contributed by atoms with van der Waals surface area (Å²) >= 11 is 0. The van der Waals surface area contributed by atoms with Crippen molar-refractivity contribution in [3.63, 3.8) is 0 Å². The smallest absolute Gasteiger partial charge is 0.223 e. The lowest BCUT2D eigenvalue weighted by molar-refractivity contribution is 0.482. The molecule has 0 aliphatic carbocycles. The molecule has 0 bridgehead atoms. The molecule has 0 unspecified atom stereocenters. The standard InChI is InChI=1S/C27H28BN3O/c1-19-5-11-23(12-6-19)32-24-13-8-21(9-14-24)7-10-22-18-20(2)27(30-22)25(15-16-29)26-4-3-17-31(26)28/h3-14,17-18H,15-16,28-29H2,1-2H3/b10-7+,27-25-. The van der Waals surface area contributed by atoms with Gasteiger partial charge in [0, 0.05) is 11.3 Å². The average Bonchev–Trinajstić information content (AvgIpc) is 3.38. The van der Waals surface area contributed by atoms with Gasteiger partial charge in [0.05, 0.1) is 11.4 Å². The second-order valence-electron chi connectivity index (χ2n) is 8.05. The van der Waals surface area contributed by atoms with Crippen LogP contribution in [0, 0.1) is 6.92 Å². The normalized spacial score (nSPS) is 15.1. The number of nitrogens with two attached hydrogens (primary N) is 1. The van der Waals surface area contributed by atoms with Crippen LogP contribution in [-0.2, 0) is 0 Å². The second kappa shape index (κ2) is 9.71. The maximum absolute atomic E-state index is 5.91. The number of rotatable bonds is 7. The molecule has 1 aromatic heterocycles. The molecule has 3 aromatic rings. The first-order valence-electron chi connectivity index (χ1n) is 10.9. The number of hydrogen-bond donors (Lipinski definition) is 1. The van der Waals surface area contributed by atoms with Crippen molar-refractivity contribution in [1.82, 2.24) is 4.48 Å². The molecule has 2 heterocycles. The van der Waals surface area contributed by atoms with Crippen molar-refractivity contribution in [1.29, 1.82) is 0 Å². The minimum atomic E-state index is 0.592. The molecular formula is C27H28BN3O. The minimum Gasteiger partial charge on any atom is -0.457 e. The van der Waals surface area contributed by atoms with Crippen LogP contribution in [0.1, 0.15) is 30.2 Å². The molecule has 5 heteroatoms. The average molecular weight is 421 g/mol. The zero-order chi connectivity index (χ0) is 22.5. The van der Waals surface area contributed by atoms with E-state index >= 15 is 0 Å². The van der Waals surface area contributed by atoms with Gasteiger partial charge < -0.3 is 14.9 Å². The Morgan fingerprint density at radius 1 is 1.00 bits per heavy atom. The third-order valence-corrected chi connectivity index (χ3v) is 5.50. The summed E-state index contributed by atoms with van der Waals surface area (Å²) in [5, 5.41) is 0. The second-order valence-corrected chi connectivity index (χ2v) is 8.05. The minimum absolute atomic E-state index is 0.592. The zero-order valence-corrected chi connectivity index (χ0v) is 18.9. The Morgan fingerprint density at radius 2 is 1.69 bits per heavy atom. The maximum Gasteiger partial charge on any atom is 0.223 e. The Hall–Kier alpha value is -3.57. The van der Waals surface area contributed by atoms with Gasteiger partial charge in [-0.2, -0.15) is 0 Å². The van der Waals surface area contributed by atoms with Crippen molar-refractivity contribution in [2.75, 3.05) is 6.54 Å². The topological polar surface area (TPSA) is 52.5 Å². The summed E-state index contributed by atoms with van der Waals surface area (Å²) < 4.78 is 8.03. The van der Waals surface area contributed by atoms with E-state index in [-0.39, 0.29) is 0 Å². The van der Waals surface area contributed by atoms with Crippen molar-refractivity contribution in [3.05, 3.63) is 107 Å². The molecule has 0 saturated carbocycles. The van der Waals surface area contributed by atoms with Crippen LogP contribution in [0.3, 0.4) is 0 Å².